The van der Waals surface area contributed by atoms with Crippen LogP contribution in [0.15, 0.2) is 11.6 Å². The van der Waals surface area contributed by atoms with E-state index in [1.807, 2.05) is 32.3 Å². The first-order chi connectivity index (χ1) is 8.44. The summed E-state index contributed by atoms with van der Waals surface area (Å²) in [6.07, 6.45) is 2.78. The summed E-state index contributed by atoms with van der Waals surface area (Å²) in [5.74, 6) is 0. The number of nitrogens with zero attached hydrogens (tertiary/aromatic N) is 2. The quantitative estimate of drug-likeness (QED) is 0.860. The van der Waals surface area contributed by atoms with E-state index in [2.05, 4.69) is 20.5 Å². The molecule has 0 aliphatic carbocycles. The van der Waals surface area contributed by atoms with Gasteiger partial charge in [-0.15, -0.1) is 11.3 Å². The van der Waals surface area contributed by atoms with E-state index in [1.165, 1.54) is 0 Å². The largest absolute Gasteiger partial charge is 0.346 e. The van der Waals surface area contributed by atoms with E-state index in [-0.39, 0.29) is 17.6 Å². The summed E-state index contributed by atoms with van der Waals surface area (Å²) in [5.41, 5.74) is -0.197. The van der Waals surface area contributed by atoms with Gasteiger partial charge in [-0.25, -0.2) is 9.78 Å². The average molecular weight is 268 g/mol. The molecule has 1 saturated heterocycles. The normalized spacial score (nSPS) is 19.9. The molecule has 1 fully saturated rings. The van der Waals surface area contributed by atoms with Gasteiger partial charge in [0.25, 0.3) is 0 Å². The maximum atomic E-state index is 11.8. The third kappa shape index (κ3) is 3.60. The fourth-order valence-corrected chi connectivity index (χ4v) is 2.67. The van der Waals surface area contributed by atoms with Crippen LogP contribution in [0.25, 0.3) is 0 Å². The van der Waals surface area contributed by atoms with Gasteiger partial charge in [0.1, 0.15) is 0 Å². The molecular formula is C12H20N4OS. The van der Waals surface area contributed by atoms with E-state index < -0.39 is 0 Å². The minimum absolute atomic E-state index is 0.0894. The molecule has 100 valence electrons. The van der Waals surface area contributed by atoms with Gasteiger partial charge in [0.05, 0.1) is 0 Å². The van der Waals surface area contributed by atoms with Crippen LogP contribution in [0.4, 0.5) is 9.93 Å². The number of anilines is 1. The highest BCUT2D eigenvalue weighted by atomic mass is 32.1. The molecule has 1 aliphatic heterocycles. The van der Waals surface area contributed by atoms with Gasteiger partial charge in [-0.2, -0.15) is 0 Å². The van der Waals surface area contributed by atoms with Crippen LogP contribution < -0.4 is 15.5 Å². The minimum Gasteiger partial charge on any atom is -0.346 e. The summed E-state index contributed by atoms with van der Waals surface area (Å²) >= 11 is 1.64. The number of aromatic nitrogens is 1. The molecule has 2 heterocycles. The maximum Gasteiger partial charge on any atom is 0.315 e. The van der Waals surface area contributed by atoms with Crippen LogP contribution >= 0.6 is 11.3 Å². The van der Waals surface area contributed by atoms with Crippen molar-refractivity contribution in [3.05, 3.63) is 11.6 Å². The predicted octanol–water partition coefficient (Wildman–Crippen LogP) is 1.82. The van der Waals surface area contributed by atoms with Gasteiger partial charge in [-0.3, -0.25) is 0 Å². The zero-order valence-corrected chi connectivity index (χ0v) is 11.9. The van der Waals surface area contributed by atoms with E-state index in [1.54, 1.807) is 11.3 Å². The molecule has 1 aromatic heterocycles. The van der Waals surface area contributed by atoms with Crippen molar-refractivity contribution >= 4 is 22.5 Å². The molecule has 0 saturated carbocycles. The molecule has 0 aromatic carbocycles. The highest BCUT2D eigenvalue weighted by Crippen LogP contribution is 2.22. The molecule has 6 heteroatoms. The second kappa shape index (κ2) is 5.14. The Kier molecular flexibility index (Phi) is 3.75. The van der Waals surface area contributed by atoms with Crippen molar-refractivity contribution in [1.82, 2.24) is 15.6 Å². The molecule has 5 nitrogen and oxygen atoms in total. The number of amides is 2. The third-order valence-electron chi connectivity index (χ3n) is 2.70. The molecule has 2 amide bonds. The topological polar surface area (TPSA) is 57.3 Å². The lowest BCUT2D eigenvalue weighted by molar-refractivity contribution is 0.229. The van der Waals surface area contributed by atoms with Crippen molar-refractivity contribution < 1.29 is 4.79 Å². The molecule has 1 aromatic rings. The van der Waals surface area contributed by atoms with E-state index in [0.717, 1.165) is 24.6 Å². The molecule has 0 radical (unpaired) electrons. The van der Waals surface area contributed by atoms with E-state index in [9.17, 15) is 4.79 Å². The lowest BCUT2D eigenvalue weighted by atomic mass is 10.1. The maximum absolute atomic E-state index is 11.8. The number of nitrogens with one attached hydrogen (secondary N) is 2. The lowest BCUT2D eigenvalue weighted by Gasteiger charge is -2.22. The third-order valence-corrected chi connectivity index (χ3v) is 3.53. The van der Waals surface area contributed by atoms with Crippen LogP contribution in [0.5, 0.6) is 0 Å². The van der Waals surface area contributed by atoms with E-state index in [4.69, 9.17) is 0 Å². The molecule has 0 spiro atoms. The van der Waals surface area contributed by atoms with Crippen LogP contribution in [0, 0.1) is 0 Å². The zero-order valence-electron chi connectivity index (χ0n) is 11.1. The molecule has 1 aliphatic rings. The Bertz CT molecular complexity index is 399. The average Bonchev–Trinajstić information content (AvgIpc) is 2.82. The van der Waals surface area contributed by atoms with E-state index in [0.29, 0.717) is 0 Å². The SMILES string of the molecule is CC(C)(C)NC(=O)N[C@H]1CCN(c2nccs2)C1. The van der Waals surface area contributed by atoms with Crippen LogP contribution in [0.2, 0.25) is 0 Å². The Morgan fingerprint density at radius 2 is 2.33 bits per heavy atom. The summed E-state index contributed by atoms with van der Waals surface area (Å²) in [6.45, 7) is 7.72. The summed E-state index contributed by atoms with van der Waals surface area (Å²) in [5, 5.41) is 8.94. The van der Waals surface area contributed by atoms with E-state index >= 15 is 0 Å². The minimum atomic E-state index is -0.197. The predicted molar refractivity (Wildman–Crippen MR) is 74.2 cm³/mol. The molecule has 0 unspecified atom stereocenters. The highest BCUT2D eigenvalue weighted by Gasteiger charge is 2.26. The summed E-state index contributed by atoms with van der Waals surface area (Å²) in [6, 6.07) is 0.115. The molecule has 18 heavy (non-hydrogen) atoms. The van der Waals surface area contributed by atoms with Gasteiger partial charge >= 0.3 is 6.03 Å². The standard InChI is InChI=1S/C12H20N4OS/c1-12(2,3)15-10(17)14-9-4-6-16(8-9)11-13-5-7-18-11/h5,7,9H,4,6,8H2,1-3H3,(H2,14,15,17)/t9-/m0/s1. The van der Waals surface area contributed by atoms with Gasteiger partial charge in [0.2, 0.25) is 0 Å². The Morgan fingerprint density at radius 3 is 2.94 bits per heavy atom. The first kappa shape index (κ1) is 13.1. The summed E-state index contributed by atoms with van der Waals surface area (Å²) in [4.78, 5) is 18.3. The molecule has 1 atom stereocenters. The smallest absolute Gasteiger partial charge is 0.315 e. The molecular weight excluding hydrogens is 248 g/mol. The number of carbonyl (C=O) groups excluding carboxylic acids is 1. The van der Waals surface area contributed by atoms with Gasteiger partial charge in [0, 0.05) is 36.2 Å². The highest BCUT2D eigenvalue weighted by molar-refractivity contribution is 7.13. The van der Waals surface area contributed by atoms with Gasteiger partial charge in [-0.05, 0) is 27.2 Å². The Morgan fingerprint density at radius 1 is 1.56 bits per heavy atom. The number of urea groups is 1. The van der Waals surface area contributed by atoms with Crippen LogP contribution in [0.1, 0.15) is 27.2 Å². The van der Waals surface area contributed by atoms with Crippen molar-refractivity contribution in [3.8, 4) is 0 Å². The van der Waals surface area contributed by atoms with Crippen molar-refractivity contribution in [2.24, 2.45) is 0 Å². The van der Waals surface area contributed by atoms with Crippen molar-refractivity contribution in [3.63, 3.8) is 0 Å². The second-order valence-corrected chi connectivity index (χ2v) is 6.47. The van der Waals surface area contributed by atoms with Crippen molar-refractivity contribution in [2.75, 3.05) is 18.0 Å². The Balaban J connectivity index is 1.81. The summed E-state index contributed by atoms with van der Waals surface area (Å²) < 4.78 is 0. The van der Waals surface area contributed by atoms with Crippen molar-refractivity contribution in [2.45, 2.75) is 38.8 Å². The fourth-order valence-electron chi connectivity index (χ4n) is 1.99. The van der Waals surface area contributed by atoms with Gasteiger partial charge in [-0.1, -0.05) is 0 Å². The van der Waals surface area contributed by atoms with Crippen molar-refractivity contribution in [1.29, 1.82) is 0 Å². The first-order valence-electron chi connectivity index (χ1n) is 6.17. The number of rotatable bonds is 2. The van der Waals surface area contributed by atoms with Crippen LogP contribution in [0.3, 0.4) is 0 Å². The molecule has 0 bridgehead atoms. The van der Waals surface area contributed by atoms with Gasteiger partial charge < -0.3 is 15.5 Å². The van der Waals surface area contributed by atoms with Gasteiger partial charge in [0.15, 0.2) is 5.13 Å². The summed E-state index contributed by atoms with van der Waals surface area (Å²) in [7, 11) is 0. The second-order valence-electron chi connectivity index (χ2n) is 5.59. The van der Waals surface area contributed by atoms with Crippen LogP contribution in [-0.4, -0.2) is 35.7 Å². The molecule has 2 rings (SSSR count). The Labute approximate surface area is 112 Å². The first-order valence-corrected chi connectivity index (χ1v) is 7.05. The fraction of sp³-hybridized carbons (Fsp3) is 0.667. The monoisotopic (exact) mass is 268 g/mol. The van der Waals surface area contributed by atoms with Crippen LogP contribution in [-0.2, 0) is 0 Å². The lowest BCUT2D eigenvalue weighted by Crippen LogP contribution is -2.50. The number of hydrogen-bond acceptors (Lipinski definition) is 4. The Hall–Kier alpha value is -1.30. The zero-order chi connectivity index (χ0) is 13.2. The number of hydrogen-bond donors (Lipinski definition) is 2. The number of carbonyl (C=O) groups is 1. The molecule has 2 N–H and O–H groups in total. The number of thiazole rings is 1.